The highest BCUT2D eigenvalue weighted by Crippen LogP contribution is 2.05. The van der Waals surface area contributed by atoms with Gasteiger partial charge in [0.1, 0.15) is 7.28 Å². The lowest BCUT2D eigenvalue weighted by Gasteiger charge is -2.07. The van der Waals surface area contributed by atoms with Gasteiger partial charge in [-0.15, -0.1) is 0 Å². The highest BCUT2D eigenvalue weighted by Gasteiger charge is 2.05. The Kier molecular flexibility index (Phi) is 6.54. The van der Waals surface area contributed by atoms with Crippen LogP contribution in [0.5, 0.6) is 0 Å². The van der Waals surface area contributed by atoms with Crippen molar-refractivity contribution in [3.8, 4) is 0 Å². The quantitative estimate of drug-likeness (QED) is 0.432. The third kappa shape index (κ3) is 10.0. The van der Waals surface area contributed by atoms with E-state index in [1.54, 1.807) is 0 Å². The molecular formula is C10H22BSi. The first-order valence-corrected chi connectivity index (χ1v) is 8.63. The normalized spacial score (nSPS) is 12.3. The number of allylic oxidation sites excluding steroid dienone is 1. The zero-order chi connectivity index (χ0) is 9.45. The molecule has 0 rings (SSSR count). The fraction of sp³-hybridized carbons (Fsp3) is 0.800. The maximum Gasteiger partial charge on any atom is 0.109 e. The van der Waals surface area contributed by atoms with Crippen molar-refractivity contribution in [3.63, 3.8) is 0 Å². The van der Waals surface area contributed by atoms with E-state index in [9.17, 15) is 0 Å². The largest absolute Gasteiger partial charge is 0.109 e. The standard InChI is InChI=1S/C10H22BSi/c1-5-11-9-7-6-8-10-12(2,3)4/h8,10H,5-7,9H2,1-4H3. The van der Waals surface area contributed by atoms with Crippen molar-refractivity contribution in [2.45, 2.75) is 52.0 Å². The Balaban J connectivity index is 3.25. The van der Waals surface area contributed by atoms with E-state index >= 15 is 0 Å². The first-order valence-electron chi connectivity index (χ1n) is 5.05. The Morgan fingerprint density at radius 1 is 1.25 bits per heavy atom. The van der Waals surface area contributed by atoms with Gasteiger partial charge in [-0.25, -0.2) is 0 Å². The van der Waals surface area contributed by atoms with Crippen molar-refractivity contribution in [3.05, 3.63) is 11.8 Å². The molecule has 0 aliphatic carbocycles. The number of rotatable bonds is 6. The summed E-state index contributed by atoms with van der Waals surface area (Å²) in [6, 6.07) is 0. The van der Waals surface area contributed by atoms with E-state index in [-0.39, 0.29) is 0 Å². The SMILES string of the molecule is CC[B]CCCC=C[Si](C)(C)C. The zero-order valence-electron chi connectivity index (χ0n) is 9.06. The minimum atomic E-state index is -0.916. The minimum absolute atomic E-state index is 0.916. The van der Waals surface area contributed by atoms with Gasteiger partial charge in [0.2, 0.25) is 0 Å². The summed E-state index contributed by atoms with van der Waals surface area (Å²) in [6.45, 7) is 9.34. The number of unbranched alkanes of at least 4 members (excludes halogenated alkanes) is 1. The second-order valence-corrected chi connectivity index (χ2v) is 9.46. The molecule has 12 heavy (non-hydrogen) atoms. The molecule has 0 saturated heterocycles. The summed E-state index contributed by atoms with van der Waals surface area (Å²) in [5.41, 5.74) is 2.44. The number of hydrogen-bond acceptors (Lipinski definition) is 0. The van der Waals surface area contributed by atoms with Crippen LogP contribution < -0.4 is 0 Å². The molecule has 0 aromatic carbocycles. The first kappa shape index (κ1) is 12.0. The minimum Gasteiger partial charge on any atom is -0.0989 e. The molecule has 0 heterocycles. The van der Waals surface area contributed by atoms with Crippen LogP contribution in [0.15, 0.2) is 11.8 Å². The van der Waals surface area contributed by atoms with Crippen LogP contribution in [-0.2, 0) is 0 Å². The Labute approximate surface area is 79.7 Å². The predicted molar refractivity (Wildman–Crippen MR) is 62.8 cm³/mol. The van der Waals surface area contributed by atoms with Crippen LogP contribution in [0.2, 0.25) is 32.3 Å². The van der Waals surface area contributed by atoms with Crippen molar-refractivity contribution in [2.75, 3.05) is 0 Å². The summed E-state index contributed by atoms with van der Waals surface area (Å²) in [6.07, 6.45) is 7.47. The molecule has 1 radical (unpaired) electrons. The molecular weight excluding hydrogens is 159 g/mol. The zero-order valence-corrected chi connectivity index (χ0v) is 10.1. The summed E-state index contributed by atoms with van der Waals surface area (Å²) in [5.74, 6) is 0. The maximum absolute atomic E-state index is 2.44. The molecule has 0 aromatic heterocycles. The topological polar surface area (TPSA) is 0 Å². The van der Waals surface area contributed by atoms with Gasteiger partial charge in [0.15, 0.2) is 0 Å². The molecule has 0 saturated carbocycles. The molecule has 0 aliphatic heterocycles. The van der Waals surface area contributed by atoms with Crippen molar-refractivity contribution >= 4 is 15.4 Å². The van der Waals surface area contributed by atoms with Gasteiger partial charge in [-0.3, -0.25) is 0 Å². The molecule has 2 heteroatoms. The molecule has 0 unspecified atom stereocenters. The molecule has 0 aromatic rings. The summed E-state index contributed by atoms with van der Waals surface area (Å²) in [4.78, 5) is 0. The Morgan fingerprint density at radius 2 is 1.92 bits per heavy atom. The Bertz CT molecular complexity index is 124. The summed E-state index contributed by atoms with van der Waals surface area (Å²) < 4.78 is 0. The fourth-order valence-electron chi connectivity index (χ4n) is 1.02. The average Bonchev–Trinajstić information content (AvgIpc) is 1.94. The summed E-state index contributed by atoms with van der Waals surface area (Å²) in [7, 11) is 1.45. The van der Waals surface area contributed by atoms with Gasteiger partial charge in [0.25, 0.3) is 0 Å². The van der Waals surface area contributed by atoms with E-state index in [1.165, 1.54) is 25.5 Å². The lowest BCUT2D eigenvalue weighted by molar-refractivity contribution is 0.947. The van der Waals surface area contributed by atoms with Crippen molar-refractivity contribution < 1.29 is 0 Å². The lowest BCUT2D eigenvalue weighted by atomic mass is 9.70. The van der Waals surface area contributed by atoms with Gasteiger partial charge in [-0.05, 0) is 6.42 Å². The van der Waals surface area contributed by atoms with Crippen LogP contribution in [0, 0.1) is 0 Å². The summed E-state index contributed by atoms with van der Waals surface area (Å²) >= 11 is 0. The van der Waals surface area contributed by atoms with Gasteiger partial charge in [0, 0.05) is 0 Å². The molecule has 0 nitrogen and oxygen atoms in total. The molecule has 0 bridgehead atoms. The third-order valence-electron chi connectivity index (χ3n) is 1.69. The highest BCUT2D eigenvalue weighted by atomic mass is 28.3. The molecule has 0 spiro atoms. The van der Waals surface area contributed by atoms with E-state index in [4.69, 9.17) is 0 Å². The van der Waals surface area contributed by atoms with Gasteiger partial charge in [-0.1, -0.05) is 57.4 Å². The van der Waals surface area contributed by atoms with Crippen molar-refractivity contribution in [1.82, 2.24) is 0 Å². The molecule has 0 fully saturated rings. The van der Waals surface area contributed by atoms with Crippen LogP contribution in [0.3, 0.4) is 0 Å². The molecule has 0 aliphatic rings. The smallest absolute Gasteiger partial charge is 0.0989 e. The molecule has 69 valence electrons. The molecule has 0 N–H and O–H groups in total. The first-order chi connectivity index (χ1) is 5.56. The predicted octanol–water partition coefficient (Wildman–Crippen LogP) is 3.76. The van der Waals surface area contributed by atoms with Crippen molar-refractivity contribution in [1.29, 1.82) is 0 Å². The Morgan fingerprint density at radius 3 is 2.42 bits per heavy atom. The Hall–Kier alpha value is 0.0218. The summed E-state index contributed by atoms with van der Waals surface area (Å²) in [5, 5.41) is 0. The van der Waals surface area contributed by atoms with E-state index in [2.05, 4.69) is 45.6 Å². The van der Waals surface area contributed by atoms with Gasteiger partial charge in [0.05, 0.1) is 8.07 Å². The van der Waals surface area contributed by atoms with Gasteiger partial charge >= 0.3 is 0 Å². The van der Waals surface area contributed by atoms with Crippen LogP contribution in [0.1, 0.15) is 19.8 Å². The molecule has 0 amide bonds. The van der Waals surface area contributed by atoms with Crippen LogP contribution in [0.4, 0.5) is 0 Å². The van der Waals surface area contributed by atoms with E-state index in [0.29, 0.717) is 0 Å². The van der Waals surface area contributed by atoms with Crippen LogP contribution in [-0.4, -0.2) is 15.4 Å². The second kappa shape index (κ2) is 6.53. The fourth-order valence-corrected chi connectivity index (χ4v) is 1.89. The number of hydrogen-bond donors (Lipinski definition) is 0. The van der Waals surface area contributed by atoms with Gasteiger partial charge in [-0.2, -0.15) is 0 Å². The lowest BCUT2D eigenvalue weighted by Crippen LogP contribution is -2.15. The van der Waals surface area contributed by atoms with Crippen LogP contribution >= 0.6 is 0 Å². The monoisotopic (exact) mass is 181 g/mol. The van der Waals surface area contributed by atoms with E-state index < -0.39 is 8.07 Å². The van der Waals surface area contributed by atoms with Gasteiger partial charge < -0.3 is 0 Å². The molecule has 0 atom stereocenters. The van der Waals surface area contributed by atoms with Crippen LogP contribution in [0.25, 0.3) is 0 Å². The van der Waals surface area contributed by atoms with E-state index in [0.717, 1.165) is 0 Å². The maximum atomic E-state index is 2.44. The highest BCUT2D eigenvalue weighted by molar-refractivity contribution is 6.80. The average molecular weight is 181 g/mol. The second-order valence-electron chi connectivity index (χ2n) is 4.40. The van der Waals surface area contributed by atoms with E-state index in [1.807, 2.05) is 0 Å². The van der Waals surface area contributed by atoms with Crippen molar-refractivity contribution in [2.24, 2.45) is 0 Å². The third-order valence-corrected chi connectivity index (χ3v) is 2.92.